The molecule has 0 bridgehead atoms. The summed E-state index contributed by atoms with van der Waals surface area (Å²) >= 11 is 0. The van der Waals surface area contributed by atoms with Crippen LogP contribution in [0.15, 0.2) is 46.1 Å². The number of ether oxygens (including phenoxy) is 4. The molecule has 2 heterocycles. The van der Waals surface area contributed by atoms with E-state index in [1.165, 1.54) is 6.92 Å². The fourth-order valence-electron chi connectivity index (χ4n) is 3.71. The van der Waals surface area contributed by atoms with E-state index < -0.39 is 81.7 Å². The van der Waals surface area contributed by atoms with Gasteiger partial charge in [-0.25, -0.2) is 9.59 Å². The molecular formula is C23H26N2O12S. The van der Waals surface area contributed by atoms with Crippen molar-refractivity contribution in [3.05, 3.63) is 68.5 Å². The van der Waals surface area contributed by atoms with Crippen molar-refractivity contribution in [2.75, 3.05) is 13.2 Å². The lowest BCUT2D eigenvalue weighted by molar-refractivity contribution is -0.155. The minimum atomic E-state index is -4.34. The molecule has 2 aromatic rings. The van der Waals surface area contributed by atoms with Crippen LogP contribution in [0.2, 0.25) is 0 Å². The molecule has 1 fully saturated rings. The number of nitrogens with zero attached hydrogens (tertiary/aromatic N) is 1. The summed E-state index contributed by atoms with van der Waals surface area (Å²) in [4.78, 5) is 62.5. The van der Waals surface area contributed by atoms with Gasteiger partial charge in [0.25, 0.3) is 15.7 Å². The lowest BCUT2D eigenvalue weighted by Gasteiger charge is -2.24. The van der Waals surface area contributed by atoms with Gasteiger partial charge in [0.1, 0.15) is 30.1 Å². The summed E-state index contributed by atoms with van der Waals surface area (Å²) in [5.41, 5.74) is -2.26. The number of esters is 3. The van der Waals surface area contributed by atoms with Gasteiger partial charge in [-0.05, 0) is 12.5 Å². The Morgan fingerprint density at radius 2 is 1.71 bits per heavy atom. The minimum Gasteiger partial charge on any atom is -0.463 e. The van der Waals surface area contributed by atoms with E-state index in [-0.39, 0.29) is 6.61 Å². The van der Waals surface area contributed by atoms with Gasteiger partial charge in [0.15, 0.2) is 12.3 Å². The molecule has 0 saturated carbocycles. The van der Waals surface area contributed by atoms with Gasteiger partial charge >= 0.3 is 23.6 Å². The Morgan fingerprint density at radius 1 is 1.03 bits per heavy atom. The molecule has 1 aliphatic rings. The lowest BCUT2D eigenvalue weighted by atomic mass is 10.1. The minimum absolute atomic E-state index is 0.0625. The molecule has 1 N–H and O–H groups in total. The van der Waals surface area contributed by atoms with Crippen LogP contribution in [-0.2, 0) is 48.6 Å². The van der Waals surface area contributed by atoms with Crippen molar-refractivity contribution in [2.24, 2.45) is 0 Å². The first-order chi connectivity index (χ1) is 17.9. The van der Waals surface area contributed by atoms with E-state index in [0.717, 1.165) is 24.6 Å². The Kier molecular flexibility index (Phi) is 9.19. The zero-order chi connectivity index (χ0) is 28.0. The van der Waals surface area contributed by atoms with Gasteiger partial charge in [-0.1, -0.05) is 30.3 Å². The van der Waals surface area contributed by atoms with Crippen LogP contribution in [0.25, 0.3) is 0 Å². The number of hydrogen-bond donors (Lipinski definition) is 1. The summed E-state index contributed by atoms with van der Waals surface area (Å²) in [5.74, 6) is -3.20. The number of aromatic amines is 1. The Labute approximate surface area is 216 Å². The van der Waals surface area contributed by atoms with Crippen LogP contribution < -0.4 is 11.2 Å². The summed E-state index contributed by atoms with van der Waals surface area (Å²) in [6, 6.07) is 8.09. The molecule has 4 atom stereocenters. The SMILES string of the molecule is CCOC(=O)c1cn([C@@H]2O[C@H](COC(C)=O)[C@H](OS(=O)(=O)Cc3ccccc3)[C@H]2OC(C)=O)c(=O)[nH]c1=O. The normalized spacial score (nSPS) is 21.0. The van der Waals surface area contributed by atoms with E-state index in [0.29, 0.717) is 5.56 Å². The molecule has 3 rings (SSSR count). The molecule has 1 aromatic carbocycles. The molecule has 0 aliphatic carbocycles. The molecule has 0 unspecified atom stereocenters. The largest absolute Gasteiger partial charge is 0.463 e. The number of H-pyrrole nitrogens is 1. The van der Waals surface area contributed by atoms with Gasteiger partial charge in [0.05, 0.1) is 6.61 Å². The van der Waals surface area contributed by atoms with Gasteiger partial charge < -0.3 is 18.9 Å². The average molecular weight is 555 g/mol. The third kappa shape index (κ3) is 7.14. The predicted octanol–water partition coefficient (Wildman–Crippen LogP) is 0.0207. The maximum atomic E-state index is 12.9. The fraction of sp³-hybridized carbons (Fsp3) is 0.435. The van der Waals surface area contributed by atoms with Crippen molar-refractivity contribution in [1.29, 1.82) is 0 Å². The van der Waals surface area contributed by atoms with Crippen LogP contribution >= 0.6 is 0 Å². The third-order valence-electron chi connectivity index (χ3n) is 5.22. The van der Waals surface area contributed by atoms with Crippen molar-refractivity contribution in [3.8, 4) is 0 Å². The van der Waals surface area contributed by atoms with Gasteiger partial charge in [0, 0.05) is 20.0 Å². The molecule has 1 aromatic heterocycles. The number of carbonyl (C=O) groups is 3. The first-order valence-electron chi connectivity index (χ1n) is 11.4. The van der Waals surface area contributed by atoms with Crippen LogP contribution in [0.3, 0.4) is 0 Å². The highest BCUT2D eigenvalue weighted by molar-refractivity contribution is 7.85. The van der Waals surface area contributed by atoms with Gasteiger partial charge in [-0.2, -0.15) is 8.42 Å². The summed E-state index contributed by atoms with van der Waals surface area (Å²) in [6.45, 7) is 3.06. The summed E-state index contributed by atoms with van der Waals surface area (Å²) in [7, 11) is -4.34. The van der Waals surface area contributed by atoms with Gasteiger partial charge in [-0.3, -0.25) is 28.1 Å². The molecule has 0 spiro atoms. The van der Waals surface area contributed by atoms with Crippen LogP contribution in [-0.4, -0.2) is 67.4 Å². The van der Waals surface area contributed by atoms with Gasteiger partial charge in [-0.15, -0.1) is 0 Å². The zero-order valence-corrected chi connectivity index (χ0v) is 21.5. The van der Waals surface area contributed by atoms with Crippen LogP contribution in [0.5, 0.6) is 0 Å². The number of hydrogen-bond acceptors (Lipinski definition) is 12. The second kappa shape index (κ2) is 12.1. The Bertz CT molecular complexity index is 1400. The third-order valence-corrected chi connectivity index (χ3v) is 6.42. The maximum Gasteiger partial charge on any atom is 0.345 e. The number of aromatic nitrogens is 2. The fourth-order valence-corrected chi connectivity index (χ4v) is 4.95. The van der Waals surface area contributed by atoms with Crippen molar-refractivity contribution in [2.45, 2.75) is 51.1 Å². The Morgan fingerprint density at radius 3 is 2.32 bits per heavy atom. The summed E-state index contributed by atoms with van der Waals surface area (Å²) in [5, 5.41) is 0. The highest BCUT2D eigenvalue weighted by Crippen LogP contribution is 2.35. The van der Waals surface area contributed by atoms with Gasteiger partial charge in [0.2, 0.25) is 0 Å². The molecule has 1 aliphatic heterocycles. The van der Waals surface area contributed by atoms with Crippen LogP contribution in [0, 0.1) is 0 Å². The van der Waals surface area contributed by atoms with Crippen molar-refractivity contribution in [3.63, 3.8) is 0 Å². The first kappa shape index (κ1) is 28.7. The smallest absolute Gasteiger partial charge is 0.345 e. The molecule has 1 saturated heterocycles. The maximum absolute atomic E-state index is 12.9. The second-order valence-corrected chi connectivity index (χ2v) is 9.72. The highest BCUT2D eigenvalue weighted by Gasteiger charge is 2.51. The average Bonchev–Trinajstić information content (AvgIpc) is 3.13. The second-order valence-electron chi connectivity index (χ2n) is 8.12. The topological polar surface area (TPSA) is 186 Å². The molecule has 0 radical (unpaired) electrons. The number of rotatable bonds is 10. The summed E-state index contributed by atoms with van der Waals surface area (Å²) < 4.78 is 52.9. The Hall–Kier alpha value is -3.82. The molecule has 38 heavy (non-hydrogen) atoms. The number of nitrogens with one attached hydrogen (secondary N) is 1. The van der Waals surface area contributed by atoms with Crippen molar-refractivity contribution in [1.82, 2.24) is 9.55 Å². The number of benzene rings is 1. The van der Waals surface area contributed by atoms with E-state index in [2.05, 4.69) is 0 Å². The number of carbonyl (C=O) groups excluding carboxylic acids is 3. The summed E-state index contributed by atoms with van der Waals surface area (Å²) in [6.07, 6.45) is -5.26. The molecule has 206 valence electrons. The predicted molar refractivity (Wildman–Crippen MR) is 127 cm³/mol. The highest BCUT2D eigenvalue weighted by atomic mass is 32.2. The lowest BCUT2D eigenvalue weighted by Crippen LogP contribution is -2.43. The van der Waals surface area contributed by atoms with E-state index in [1.807, 2.05) is 4.98 Å². The quantitative estimate of drug-likeness (QED) is 0.236. The van der Waals surface area contributed by atoms with Crippen LogP contribution in [0.4, 0.5) is 0 Å². The molecular weight excluding hydrogens is 528 g/mol. The van der Waals surface area contributed by atoms with E-state index in [4.69, 9.17) is 23.1 Å². The van der Waals surface area contributed by atoms with Crippen molar-refractivity contribution < 1.29 is 45.9 Å². The molecule has 15 heteroatoms. The van der Waals surface area contributed by atoms with E-state index in [1.54, 1.807) is 30.3 Å². The van der Waals surface area contributed by atoms with E-state index >= 15 is 0 Å². The first-order valence-corrected chi connectivity index (χ1v) is 12.9. The van der Waals surface area contributed by atoms with Crippen LogP contribution in [0.1, 0.15) is 42.9 Å². The molecule has 14 nitrogen and oxygen atoms in total. The van der Waals surface area contributed by atoms with Crippen molar-refractivity contribution >= 4 is 28.0 Å². The monoisotopic (exact) mass is 554 g/mol. The zero-order valence-electron chi connectivity index (χ0n) is 20.6. The molecule has 0 amide bonds. The standard InChI is InChI=1S/C23H26N2O12S/c1-4-33-22(29)16-10-25(23(30)24-20(16)28)21-19(35-14(3)27)18(17(36-21)11-34-13(2)26)37-38(31,32)12-15-8-6-5-7-9-15/h5-10,17-19,21H,4,11-12H2,1-3H3,(H,24,28,30)/t17-,18+,19-,21-/m1/s1. The van der Waals surface area contributed by atoms with E-state index in [9.17, 15) is 32.4 Å². The Balaban J connectivity index is 2.05.